The fraction of sp³-hybridized carbons (Fsp3) is 0.0800. The number of fused-ring (bicyclic) bond motifs is 1. The minimum atomic E-state index is -4.13. The smallest absolute Gasteiger partial charge is 0.290 e. The van der Waals surface area contributed by atoms with Crippen LogP contribution >= 0.6 is 35.0 Å². The first-order valence-corrected chi connectivity index (χ1v) is 14.0. The molecule has 0 spiro atoms. The Balaban J connectivity index is 1.58. The number of carbonyl (C=O) groups is 3. The molecule has 5 rings (SSSR count). The third-order valence-corrected chi connectivity index (χ3v) is 8.83. The SMILES string of the molecule is O=C1NC(=O)/C(=C2/C(=O)N(Cc3ccc(Cl)c(Cl)c3)c3ccc(S(=O)(=O)Nc4ccc(CF)cc4)cc32)S1. The molecule has 1 fully saturated rings. The second-order valence-corrected chi connectivity index (χ2v) is 11.8. The molecule has 2 heterocycles. The summed E-state index contributed by atoms with van der Waals surface area (Å²) in [6, 6.07) is 14.7. The molecule has 13 heteroatoms. The Labute approximate surface area is 230 Å². The van der Waals surface area contributed by atoms with E-state index < -0.39 is 33.8 Å². The monoisotopic (exact) mass is 591 g/mol. The van der Waals surface area contributed by atoms with Gasteiger partial charge in [0.05, 0.1) is 37.7 Å². The highest BCUT2D eigenvalue weighted by atomic mass is 35.5. The van der Waals surface area contributed by atoms with Gasteiger partial charge in [-0.15, -0.1) is 0 Å². The maximum Gasteiger partial charge on any atom is 0.290 e. The molecule has 3 aromatic carbocycles. The number of hydrogen-bond donors (Lipinski definition) is 2. The summed E-state index contributed by atoms with van der Waals surface area (Å²) in [6.45, 7) is -0.638. The lowest BCUT2D eigenvalue weighted by atomic mass is 10.1. The van der Waals surface area contributed by atoms with Crippen LogP contribution < -0.4 is 14.9 Å². The van der Waals surface area contributed by atoms with E-state index in [0.29, 0.717) is 33.6 Å². The van der Waals surface area contributed by atoms with Crippen LogP contribution in [0.2, 0.25) is 10.0 Å². The normalized spacial score (nSPS) is 17.1. The predicted molar refractivity (Wildman–Crippen MR) is 144 cm³/mol. The van der Waals surface area contributed by atoms with E-state index in [-0.39, 0.29) is 38.2 Å². The van der Waals surface area contributed by atoms with Crippen molar-refractivity contribution >= 4 is 79.0 Å². The van der Waals surface area contributed by atoms with Crippen molar-refractivity contribution in [2.45, 2.75) is 18.1 Å². The number of halogens is 3. The number of amides is 3. The second-order valence-electron chi connectivity index (χ2n) is 8.30. The van der Waals surface area contributed by atoms with Crippen molar-refractivity contribution in [3.63, 3.8) is 0 Å². The summed E-state index contributed by atoms with van der Waals surface area (Å²) in [5.74, 6) is -1.33. The molecule has 3 amide bonds. The van der Waals surface area contributed by atoms with E-state index in [1.165, 1.54) is 47.4 Å². The van der Waals surface area contributed by atoms with Crippen LogP contribution in [0.3, 0.4) is 0 Å². The van der Waals surface area contributed by atoms with Crippen LogP contribution in [-0.2, 0) is 32.8 Å². The van der Waals surface area contributed by atoms with Gasteiger partial charge < -0.3 is 4.90 Å². The Bertz CT molecular complexity index is 1660. The number of hydrogen-bond acceptors (Lipinski definition) is 6. The number of imide groups is 1. The highest BCUT2D eigenvalue weighted by Crippen LogP contribution is 2.44. The minimum Gasteiger partial charge on any atom is -0.303 e. The molecule has 0 bridgehead atoms. The van der Waals surface area contributed by atoms with Crippen LogP contribution in [0.25, 0.3) is 5.57 Å². The molecule has 0 aromatic heterocycles. The number of rotatable bonds is 6. The molecule has 38 heavy (non-hydrogen) atoms. The number of alkyl halides is 1. The summed E-state index contributed by atoms with van der Waals surface area (Å²) in [5, 5.41) is 2.11. The van der Waals surface area contributed by atoms with Crippen LogP contribution in [0.5, 0.6) is 0 Å². The first-order valence-electron chi connectivity index (χ1n) is 10.9. The number of nitrogens with zero attached hydrogens (tertiary/aromatic N) is 1. The van der Waals surface area contributed by atoms with Crippen LogP contribution in [0.4, 0.5) is 20.6 Å². The molecular weight excluding hydrogens is 576 g/mol. The third kappa shape index (κ3) is 4.90. The number of benzene rings is 3. The van der Waals surface area contributed by atoms with Crippen LogP contribution in [-0.4, -0.2) is 25.5 Å². The maximum absolute atomic E-state index is 13.6. The standard InChI is InChI=1S/C25H16Cl2FN3O5S2/c26-18-7-3-14(9-19(18)27)12-31-20-8-6-16(38(35,36)30-15-4-1-13(11-28)2-5-15)10-17(20)21(24(31)33)22-23(32)29-25(34)37-22/h1-10,30H,11-12H2,(H,29,32,34)/b22-21-. The first kappa shape index (κ1) is 26.2. The van der Waals surface area contributed by atoms with E-state index in [4.69, 9.17) is 23.2 Å². The average Bonchev–Trinajstić information content (AvgIpc) is 3.35. The van der Waals surface area contributed by atoms with Gasteiger partial charge in [-0.05, 0) is 65.4 Å². The van der Waals surface area contributed by atoms with Crippen molar-refractivity contribution in [1.82, 2.24) is 5.32 Å². The first-order chi connectivity index (χ1) is 18.1. The van der Waals surface area contributed by atoms with E-state index in [1.807, 2.05) is 0 Å². The summed E-state index contributed by atoms with van der Waals surface area (Å²) in [5.41, 5.74) is 1.69. The van der Waals surface area contributed by atoms with E-state index in [0.717, 1.165) is 0 Å². The zero-order valence-electron chi connectivity index (χ0n) is 19.1. The van der Waals surface area contributed by atoms with Crippen molar-refractivity contribution in [1.29, 1.82) is 0 Å². The molecule has 0 unspecified atom stereocenters. The fourth-order valence-corrected chi connectivity index (χ4v) is 6.21. The molecule has 2 aliphatic rings. The summed E-state index contributed by atoms with van der Waals surface area (Å²) < 4.78 is 41.5. The van der Waals surface area contributed by atoms with Gasteiger partial charge in [0.15, 0.2) is 0 Å². The zero-order valence-corrected chi connectivity index (χ0v) is 22.3. The Morgan fingerprint density at radius 2 is 1.63 bits per heavy atom. The summed E-state index contributed by atoms with van der Waals surface area (Å²) >= 11 is 12.7. The highest BCUT2D eigenvalue weighted by molar-refractivity contribution is 8.18. The lowest BCUT2D eigenvalue weighted by Crippen LogP contribution is -2.26. The molecule has 1 saturated heterocycles. The fourth-order valence-electron chi connectivity index (χ4n) is 4.03. The lowest BCUT2D eigenvalue weighted by Gasteiger charge is -2.18. The molecule has 0 aliphatic carbocycles. The molecule has 194 valence electrons. The topological polar surface area (TPSA) is 113 Å². The summed E-state index contributed by atoms with van der Waals surface area (Å²) in [6.07, 6.45) is 0. The lowest BCUT2D eigenvalue weighted by molar-refractivity contribution is -0.116. The second kappa shape index (κ2) is 10.1. The van der Waals surface area contributed by atoms with Gasteiger partial charge in [0.2, 0.25) is 0 Å². The summed E-state index contributed by atoms with van der Waals surface area (Å²) in [4.78, 5) is 39.0. The van der Waals surface area contributed by atoms with E-state index in [2.05, 4.69) is 10.0 Å². The maximum atomic E-state index is 13.6. The van der Waals surface area contributed by atoms with Crippen LogP contribution in [0.1, 0.15) is 16.7 Å². The van der Waals surface area contributed by atoms with Crippen LogP contribution in [0, 0.1) is 0 Å². The largest absolute Gasteiger partial charge is 0.303 e. The van der Waals surface area contributed by atoms with Crippen LogP contribution in [0.15, 0.2) is 70.5 Å². The van der Waals surface area contributed by atoms with Crippen molar-refractivity contribution < 1.29 is 27.2 Å². The van der Waals surface area contributed by atoms with Gasteiger partial charge in [-0.25, -0.2) is 12.8 Å². The molecule has 2 aliphatic heterocycles. The molecule has 0 radical (unpaired) electrons. The number of anilines is 2. The number of nitrogens with one attached hydrogen (secondary N) is 2. The molecular formula is C25H16Cl2FN3O5S2. The number of carbonyl (C=O) groups excluding carboxylic acids is 3. The summed E-state index contributed by atoms with van der Waals surface area (Å²) in [7, 11) is -4.13. The predicted octanol–water partition coefficient (Wildman–Crippen LogP) is 5.50. The van der Waals surface area contributed by atoms with E-state index in [9.17, 15) is 27.2 Å². The Morgan fingerprint density at radius 3 is 2.26 bits per heavy atom. The average molecular weight is 592 g/mol. The van der Waals surface area contributed by atoms with Crippen molar-refractivity contribution in [3.05, 3.63) is 92.3 Å². The quantitative estimate of drug-likeness (QED) is 0.366. The van der Waals surface area contributed by atoms with Gasteiger partial charge in [0.1, 0.15) is 6.67 Å². The molecule has 0 saturated carbocycles. The third-order valence-electron chi connectivity index (χ3n) is 5.83. The van der Waals surface area contributed by atoms with Gasteiger partial charge in [-0.2, -0.15) is 0 Å². The van der Waals surface area contributed by atoms with Gasteiger partial charge in [0.25, 0.3) is 27.1 Å². The number of thioether (sulfide) groups is 1. The minimum absolute atomic E-state index is 0.0466. The highest BCUT2D eigenvalue weighted by Gasteiger charge is 2.40. The molecule has 2 N–H and O–H groups in total. The van der Waals surface area contributed by atoms with E-state index >= 15 is 0 Å². The van der Waals surface area contributed by atoms with Gasteiger partial charge >= 0.3 is 0 Å². The Hall–Kier alpha value is -3.38. The molecule has 8 nitrogen and oxygen atoms in total. The molecule has 3 aromatic rings. The van der Waals surface area contributed by atoms with Gasteiger partial charge in [-0.3, -0.25) is 24.4 Å². The van der Waals surface area contributed by atoms with Crippen molar-refractivity contribution in [3.8, 4) is 0 Å². The Kier molecular flexibility index (Phi) is 6.95. The zero-order chi connectivity index (χ0) is 27.2. The van der Waals surface area contributed by atoms with E-state index in [1.54, 1.807) is 18.2 Å². The van der Waals surface area contributed by atoms with Gasteiger partial charge in [0, 0.05) is 11.3 Å². The molecule has 0 atom stereocenters. The van der Waals surface area contributed by atoms with Gasteiger partial charge in [-0.1, -0.05) is 41.4 Å². The Morgan fingerprint density at radius 1 is 0.921 bits per heavy atom. The van der Waals surface area contributed by atoms with Crippen molar-refractivity contribution in [2.75, 3.05) is 9.62 Å². The number of sulfonamides is 1. The van der Waals surface area contributed by atoms with Crippen molar-refractivity contribution in [2.24, 2.45) is 0 Å².